The molecule has 0 saturated carbocycles. The van der Waals surface area contributed by atoms with E-state index in [4.69, 9.17) is 9.15 Å². The first-order chi connectivity index (χ1) is 9.69. The third kappa shape index (κ3) is 2.01. The average Bonchev–Trinajstić information content (AvgIpc) is 2.47. The van der Waals surface area contributed by atoms with E-state index in [-0.39, 0.29) is 16.9 Å². The molecule has 4 heteroatoms. The molecule has 0 aliphatic heterocycles. The number of methoxy groups -OCH3 is 1. The van der Waals surface area contributed by atoms with E-state index in [1.807, 2.05) is 30.3 Å². The highest BCUT2D eigenvalue weighted by atomic mass is 16.5. The number of benzene rings is 2. The zero-order chi connectivity index (χ0) is 14.1. The van der Waals surface area contributed by atoms with Gasteiger partial charge in [-0.25, -0.2) is 0 Å². The number of ether oxygens (including phenoxy) is 1. The Kier molecular flexibility index (Phi) is 2.91. The minimum Gasteiger partial charge on any atom is -0.504 e. The van der Waals surface area contributed by atoms with Gasteiger partial charge in [0.25, 0.3) is 0 Å². The van der Waals surface area contributed by atoms with Gasteiger partial charge in [0, 0.05) is 17.7 Å². The summed E-state index contributed by atoms with van der Waals surface area (Å²) in [6.07, 6.45) is 0. The summed E-state index contributed by atoms with van der Waals surface area (Å²) in [7, 11) is 1.43. The lowest BCUT2D eigenvalue weighted by Gasteiger charge is -2.06. The SMILES string of the molecule is COc1cc2c(=O)cc(-c3ccccc3)oc2cc1O. The van der Waals surface area contributed by atoms with Gasteiger partial charge in [-0.05, 0) is 6.07 Å². The lowest BCUT2D eigenvalue weighted by Crippen LogP contribution is -2.00. The maximum absolute atomic E-state index is 12.2. The average molecular weight is 268 g/mol. The van der Waals surface area contributed by atoms with Crippen LogP contribution in [0.5, 0.6) is 11.5 Å². The van der Waals surface area contributed by atoms with Crippen molar-refractivity contribution in [2.75, 3.05) is 7.11 Å². The lowest BCUT2D eigenvalue weighted by atomic mass is 10.1. The molecule has 0 saturated heterocycles. The molecule has 4 nitrogen and oxygen atoms in total. The topological polar surface area (TPSA) is 59.7 Å². The van der Waals surface area contributed by atoms with Crippen LogP contribution >= 0.6 is 0 Å². The minimum atomic E-state index is -0.177. The third-order valence-corrected chi connectivity index (χ3v) is 3.09. The van der Waals surface area contributed by atoms with Crippen molar-refractivity contribution in [2.24, 2.45) is 0 Å². The standard InChI is InChI=1S/C16H12O4/c1-19-16-7-11-12(17)8-14(10-5-3-2-4-6-10)20-15(11)9-13(16)18/h2-9,18H,1H3. The van der Waals surface area contributed by atoms with Crippen LogP contribution in [-0.4, -0.2) is 12.2 Å². The van der Waals surface area contributed by atoms with Crippen LogP contribution in [-0.2, 0) is 0 Å². The molecule has 1 aromatic heterocycles. The quantitative estimate of drug-likeness (QED) is 0.775. The van der Waals surface area contributed by atoms with E-state index in [1.54, 1.807) is 0 Å². The fourth-order valence-corrected chi connectivity index (χ4v) is 2.08. The van der Waals surface area contributed by atoms with Crippen LogP contribution < -0.4 is 10.2 Å². The fraction of sp³-hybridized carbons (Fsp3) is 0.0625. The normalized spacial score (nSPS) is 10.7. The van der Waals surface area contributed by atoms with Gasteiger partial charge in [-0.15, -0.1) is 0 Å². The summed E-state index contributed by atoms with van der Waals surface area (Å²) in [4.78, 5) is 12.2. The Hall–Kier alpha value is -2.75. The predicted molar refractivity (Wildman–Crippen MR) is 76.1 cm³/mol. The molecule has 0 atom stereocenters. The van der Waals surface area contributed by atoms with Gasteiger partial charge in [0.15, 0.2) is 16.9 Å². The summed E-state index contributed by atoms with van der Waals surface area (Å²) in [6, 6.07) is 13.6. The summed E-state index contributed by atoms with van der Waals surface area (Å²) >= 11 is 0. The van der Waals surface area contributed by atoms with Crippen LogP contribution in [0.15, 0.2) is 57.7 Å². The largest absolute Gasteiger partial charge is 0.504 e. The van der Waals surface area contributed by atoms with Gasteiger partial charge in [0.05, 0.1) is 12.5 Å². The first kappa shape index (κ1) is 12.3. The number of hydrogen-bond acceptors (Lipinski definition) is 4. The molecule has 100 valence electrons. The highest BCUT2D eigenvalue weighted by Crippen LogP contribution is 2.31. The molecule has 0 radical (unpaired) electrons. The van der Waals surface area contributed by atoms with Gasteiger partial charge >= 0.3 is 0 Å². The predicted octanol–water partition coefficient (Wildman–Crippen LogP) is 3.17. The van der Waals surface area contributed by atoms with Crippen LogP contribution in [0.1, 0.15) is 0 Å². The second-order valence-corrected chi connectivity index (χ2v) is 4.36. The third-order valence-electron chi connectivity index (χ3n) is 3.09. The van der Waals surface area contributed by atoms with Crippen molar-refractivity contribution in [3.05, 3.63) is 58.8 Å². The van der Waals surface area contributed by atoms with Crippen molar-refractivity contribution < 1.29 is 14.3 Å². The highest BCUT2D eigenvalue weighted by Gasteiger charge is 2.11. The second-order valence-electron chi connectivity index (χ2n) is 4.36. The van der Waals surface area contributed by atoms with Crippen molar-refractivity contribution in [2.45, 2.75) is 0 Å². The minimum absolute atomic E-state index is 0.0617. The molecule has 0 fully saturated rings. The van der Waals surface area contributed by atoms with Crippen molar-refractivity contribution >= 4 is 11.0 Å². The van der Waals surface area contributed by atoms with Gasteiger partial charge in [-0.2, -0.15) is 0 Å². The molecule has 0 bridgehead atoms. The molecular formula is C16H12O4. The molecule has 0 aliphatic rings. The van der Waals surface area contributed by atoms with E-state index in [0.29, 0.717) is 16.7 Å². The molecule has 1 N–H and O–H groups in total. The van der Waals surface area contributed by atoms with Crippen LogP contribution in [0.3, 0.4) is 0 Å². The van der Waals surface area contributed by atoms with E-state index in [0.717, 1.165) is 5.56 Å². The zero-order valence-electron chi connectivity index (χ0n) is 10.8. The van der Waals surface area contributed by atoms with Crippen molar-refractivity contribution in [3.8, 4) is 22.8 Å². The number of aromatic hydroxyl groups is 1. The van der Waals surface area contributed by atoms with E-state index in [1.165, 1.54) is 25.3 Å². The van der Waals surface area contributed by atoms with E-state index < -0.39 is 0 Å². The van der Waals surface area contributed by atoms with Gasteiger partial charge < -0.3 is 14.3 Å². The number of rotatable bonds is 2. The molecule has 20 heavy (non-hydrogen) atoms. The number of phenols is 1. The van der Waals surface area contributed by atoms with E-state index in [2.05, 4.69) is 0 Å². The Morgan fingerprint density at radius 2 is 1.85 bits per heavy atom. The Balaban J connectivity index is 2.27. The molecule has 3 aromatic rings. The Morgan fingerprint density at radius 1 is 1.10 bits per heavy atom. The van der Waals surface area contributed by atoms with Crippen molar-refractivity contribution in [1.82, 2.24) is 0 Å². The first-order valence-electron chi connectivity index (χ1n) is 6.09. The van der Waals surface area contributed by atoms with Crippen LogP contribution in [0, 0.1) is 0 Å². The van der Waals surface area contributed by atoms with Crippen LogP contribution in [0.2, 0.25) is 0 Å². The molecule has 3 rings (SSSR count). The Morgan fingerprint density at radius 3 is 2.55 bits per heavy atom. The number of phenolic OH excluding ortho intramolecular Hbond substituents is 1. The molecular weight excluding hydrogens is 256 g/mol. The molecule has 0 unspecified atom stereocenters. The Labute approximate surface area is 114 Å². The van der Waals surface area contributed by atoms with Crippen LogP contribution in [0.4, 0.5) is 0 Å². The van der Waals surface area contributed by atoms with Gasteiger partial charge in [-0.1, -0.05) is 30.3 Å². The molecule has 1 heterocycles. The fourth-order valence-electron chi connectivity index (χ4n) is 2.08. The summed E-state index contributed by atoms with van der Waals surface area (Å²) < 4.78 is 10.7. The first-order valence-corrected chi connectivity index (χ1v) is 6.09. The molecule has 0 spiro atoms. The number of fused-ring (bicyclic) bond motifs is 1. The molecule has 0 aliphatic carbocycles. The van der Waals surface area contributed by atoms with Crippen molar-refractivity contribution in [1.29, 1.82) is 0 Å². The molecule has 2 aromatic carbocycles. The van der Waals surface area contributed by atoms with Crippen molar-refractivity contribution in [3.63, 3.8) is 0 Å². The monoisotopic (exact) mass is 268 g/mol. The molecule has 0 amide bonds. The summed E-state index contributed by atoms with van der Waals surface area (Å²) in [5.41, 5.74) is 0.958. The van der Waals surface area contributed by atoms with Gasteiger partial charge in [0.2, 0.25) is 0 Å². The van der Waals surface area contributed by atoms with Crippen LogP contribution in [0.25, 0.3) is 22.3 Å². The van der Waals surface area contributed by atoms with Gasteiger partial charge in [0.1, 0.15) is 11.3 Å². The lowest BCUT2D eigenvalue weighted by molar-refractivity contribution is 0.373. The van der Waals surface area contributed by atoms with E-state index in [9.17, 15) is 9.90 Å². The van der Waals surface area contributed by atoms with E-state index >= 15 is 0 Å². The number of hydrogen-bond donors (Lipinski definition) is 1. The van der Waals surface area contributed by atoms with Gasteiger partial charge in [-0.3, -0.25) is 4.79 Å². The highest BCUT2D eigenvalue weighted by molar-refractivity contribution is 5.82. The maximum Gasteiger partial charge on any atom is 0.193 e. The summed E-state index contributed by atoms with van der Waals surface area (Å²) in [5.74, 6) is 0.651. The zero-order valence-corrected chi connectivity index (χ0v) is 10.8. The summed E-state index contributed by atoms with van der Waals surface area (Å²) in [5, 5.41) is 10.1. The Bertz CT molecular complexity index is 819. The summed E-state index contributed by atoms with van der Waals surface area (Å²) in [6.45, 7) is 0. The maximum atomic E-state index is 12.2. The smallest absolute Gasteiger partial charge is 0.193 e. The second kappa shape index (κ2) is 4.74.